The van der Waals surface area contributed by atoms with E-state index in [4.69, 9.17) is 21.1 Å². The van der Waals surface area contributed by atoms with E-state index < -0.39 is 17.7 Å². The van der Waals surface area contributed by atoms with Gasteiger partial charge in [0.05, 0.1) is 29.7 Å². The number of carbonyl (C=O) groups is 3. The number of benzene rings is 2. The molecule has 0 aliphatic carbocycles. The topological polar surface area (TPSA) is 93.1 Å². The van der Waals surface area contributed by atoms with Gasteiger partial charge in [0.1, 0.15) is 17.6 Å². The van der Waals surface area contributed by atoms with Crippen molar-refractivity contribution in [2.24, 2.45) is 0 Å². The van der Waals surface area contributed by atoms with Crippen LogP contribution in [0.1, 0.15) is 42.8 Å². The second kappa shape index (κ2) is 11.2. The van der Waals surface area contributed by atoms with Crippen LogP contribution in [0.3, 0.4) is 0 Å². The van der Waals surface area contributed by atoms with Gasteiger partial charge in [0.2, 0.25) is 0 Å². The predicted octanol–water partition coefficient (Wildman–Crippen LogP) is 5.92. The molecule has 1 N–H and O–H groups in total. The van der Waals surface area contributed by atoms with Crippen molar-refractivity contribution in [1.29, 1.82) is 0 Å². The predicted molar refractivity (Wildman–Crippen MR) is 143 cm³/mol. The van der Waals surface area contributed by atoms with E-state index in [0.717, 1.165) is 0 Å². The van der Waals surface area contributed by atoms with Crippen LogP contribution in [0, 0.1) is 0 Å². The molecule has 0 spiro atoms. The molecule has 4 rings (SSSR count). The van der Waals surface area contributed by atoms with Crippen molar-refractivity contribution in [2.45, 2.75) is 39.3 Å². The molecule has 2 heterocycles. The molecule has 1 amide bonds. The fourth-order valence-corrected chi connectivity index (χ4v) is 5.13. The highest BCUT2D eigenvalue weighted by atomic mass is 35.5. The maximum absolute atomic E-state index is 13.3. The first kappa shape index (κ1) is 26.4. The molecule has 1 atom stereocenters. The molecular formula is C28H26ClNO6S. The van der Waals surface area contributed by atoms with Gasteiger partial charge in [-0.2, -0.15) is 0 Å². The molecule has 9 heteroatoms. The minimum absolute atomic E-state index is 0.0261. The number of hydrogen-bond donors (Lipinski definition) is 1. The van der Waals surface area contributed by atoms with Crippen LogP contribution >= 0.6 is 22.9 Å². The Bertz CT molecular complexity index is 1350. The van der Waals surface area contributed by atoms with Gasteiger partial charge >= 0.3 is 5.97 Å². The van der Waals surface area contributed by atoms with E-state index in [2.05, 4.69) is 0 Å². The Hall–Kier alpha value is -3.62. The van der Waals surface area contributed by atoms with Gasteiger partial charge < -0.3 is 14.6 Å². The second-order valence-corrected chi connectivity index (χ2v) is 10.0. The summed E-state index contributed by atoms with van der Waals surface area (Å²) in [5.74, 6) is -1.86. The lowest BCUT2D eigenvalue weighted by Crippen LogP contribution is -2.29. The molecule has 1 fully saturated rings. The van der Waals surface area contributed by atoms with Crippen LogP contribution in [-0.2, 0) is 25.5 Å². The van der Waals surface area contributed by atoms with E-state index in [1.165, 1.54) is 16.2 Å². The zero-order valence-electron chi connectivity index (χ0n) is 20.6. The highest BCUT2D eigenvalue weighted by Gasteiger charge is 2.47. The maximum atomic E-state index is 13.3. The van der Waals surface area contributed by atoms with Gasteiger partial charge in [-0.15, -0.1) is 11.3 Å². The number of Topliss-reactive ketones (excluding diaryl/α,β-unsaturated/α-hetero) is 1. The van der Waals surface area contributed by atoms with Gasteiger partial charge in [-0.3, -0.25) is 19.3 Å². The number of rotatable bonds is 8. The van der Waals surface area contributed by atoms with E-state index in [0.29, 0.717) is 39.1 Å². The highest BCUT2D eigenvalue weighted by Crippen LogP contribution is 2.44. The third kappa shape index (κ3) is 5.55. The maximum Gasteiger partial charge on any atom is 0.310 e. The van der Waals surface area contributed by atoms with Crippen molar-refractivity contribution in [3.8, 4) is 5.75 Å². The molecule has 0 bridgehead atoms. The Balaban J connectivity index is 1.75. The van der Waals surface area contributed by atoms with Crippen molar-refractivity contribution in [3.05, 3.63) is 86.6 Å². The molecule has 1 aromatic heterocycles. The minimum atomic E-state index is -0.831. The van der Waals surface area contributed by atoms with Crippen LogP contribution in [0.5, 0.6) is 5.75 Å². The fourth-order valence-electron chi connectivity index (χ4n) is 4.13. The average molecular weight is 540 g/mol. The van der Waals surface area contributed by atoms with E-state index in [1.807, 2.05) is 24.4 Å². The number of hydrogen-bond acceptors (Lipinski definition) is 7. The summed E-state index contributed by atoms with van der Waals surface area (Å²) in [4.78, 5) is 40.7. The van der Waals surface area contributed by atoms with Gasteiger partial charge in [0.25, 0.3) is 11.7 Å². The van der Waals surface area contributed by atoms with Gasteiger partial charge in [-0.1, -0.05) is 29.8 Å². The van der Waals surface area contributed by atoms with Crippen LogP contribution in [0.15, 0.2) is 65.6 Å². The van der Waals surface area contributed by atoms with Gasteiger partial charge in [0.15, 0.2) is 0 Å². The lowest BCUT2D eigenvalue weighted by Gasteiger charge is -2.24. The van der Waals surface area contributed by atoms with E-state index >= 15 is 0 Å². The van der Waals surface area contributed by atoms with Gasteiger partial charge in [-0.25, -0.2) is 0 Å². The molecule has 192 valence electrons. The van der Waals surface area contributed by atoms with Crippen molar-refractivity contribution < 1.29 is 29.0 Å². The number of carbonyl (C=O) groups excluding carboxylic acids is 3. The zero-order chi connectivity index (χ0) is 26.7. The first-order chi connectivity index (χ1) is 17.7. The number of halogens is 1. The Morgan fingerprint density at radius 1 is 1.14 bits per heavy atom. The first-order valence-corrected chi connectivity index (χ1v) is 13.0. The summed E-state index contributed by atoms with van der Waals surface area (Å²) in [6.07, 6.45) is -0.126. The summed E-state index contributed by atoms with van der Waals surface area (Å²) in [6.45, 7) is 5.74. The standard InChI is InChI=1S/C28H26ClNO6S/c1-4-35-21-15-18(9-12-20(21)29)26(32)24-25(22-6-5-13-37-22)30(28(34)27(24)33)19-10-7-17(8-11-19)14-23(31)36-16(2)3/h5-13,15-16,25,32H,4,14H2,1-3H3/b26-24-. The van der Waals surface area contributed by atoms with Crippen LogP contribution in [-0.4, -0.2) is 35.5 Å². The zero-order valence-corrected chi connectivity index (χ0v) is 22.1. The average Bonchev–Trinajstić information content (AvgIpc) is 3.47. The number of amides is 1. The molecule has 1 aliphatic rings. The van der Waals surface area contributed by atoms with Crippen molar-refractivity contribution in [1.82, 2.24) is 0 Å². The van der Waals surface area contributed by atoms with Crippen LogP contribution < -0.4 is 9.64 Å². The Labute approximate surface area is 223 Å². The monoisotopic (exact) mass is 539 g/mol. The number of esters is 1. The van der Waals surface area contributed by atoms with E-state index in [9.17, 15) is 19.5 Å². The molecular weight excluding hydrogens is 514 g/mol. The second-order valence-electron chi connectivity index (χ2n) is 8.64. The summed E-state index contributed by atoms with van der Waals surface area (Å²) in [6, 6.07) is 14.3. The molecule has 0 saturated carbocycles. The van der Waals surface area contributed by atoms with E-state index in [1.54, 1.807) is 56.3 Å². The third-order valence-electron chi connectivity index (χ3n) is 5.69. The summed E-state index contributed by atoms with van der Waals surface area (Å²) in [5.41, 5.74) is 1.46. The highest BCUT2D eigenvalue weighted by molar-refractivity contribution is 7.10. The van der Waals surface area contributed by atoms with Crippen LogP contribution in [0.25, 0.3) is 5.76 Å². The number of anilines is 1. The molecule has 3 aromatic rings. The number of aliphatic hydroxyl groups is 1. The molecule has 7 nitrogen and oxygen atoms in total. The molecule has 2 aromatic carbocycles. The smallest absolute Gasteiger partial charge is 0.310 e. The quantitative estimate of drug-likeness (QED) is 0.165. The molecule has 1 unspecified atom stereocenters. The number of aliphatic hydroxyl groups excluding tert-OH is 1. The Morgan fingerprint density at radius 3 is 2.49 bits per heavy atom. The largest absolute Gasteiger partial charge is 0.507 e. The van der Waals surface area contributed by atoms with Crippen molar-refractivity contribution in [2.75, 3.05) is 11.5 Å². The molecule has 1 aliphatic heterocycles. The molecule has 1 saturated heterocycles. The number of thiophene rings is 1. The molecule has 37 heavy (non-hydrogen) atoms. The third-order valence-corrected chi connectivity index (χ3v) is 6.93. The molecule has 0 radical (unpaired) electrons. The van der Waals surface area contributed by atoms with Crippen LogP contribution in [0.4, 0.5) is 5.69 Å². The fraction of sp³-hybridized carbons (Fsp3) is 0.250. The Kier molecular flexibility index (Phi) is 8.00. The lowest BCUT2D eigenvalue weighted by molar-refractivity contribution is -0.146. The van der Waals surface area contributed by atoms with Crippen LogP contribution in [0.2, 0.25) is 5.02 Å². The number of ketones is 1. The van der Waals surface area contributed by atoms with E-state index in [-0.39, 0.29) is 29.8 Å². The summed E-state index contributed by atoms with van der Waals surface area (Å²) in [5, 5.41) is 13.5. The first-order valence-electron chi connectivity index (χ1n) is 11.8. The van der Waals surface area contributed by atoms with Gasteiger partial charge in [-0.05, 0) is 68.1 Å². The van der Waals surface area contributed by atoms with Gasteiger partial charge in [0, 0.05) is 16.1 Å². The van der Waals surface area contributed by atoms with Crippen molar-refractivity contribution in [3.63, 3.8) is 0 Å². The van der Waals surface area contributed by atoms with Crippen molar-refractivity contribution >= 4 is 52.0 Å². The lowest BCUT2D eigenvalue weighted by atomic mass is 9.99. The number of nitrogens with zero attached hydrogens (tertiary/aromatic N) is 1. The number of ether oxygens (including phenoxy) is 2. The SMILES string of the molecule is CCOc1cc(/C(O)=C2/C(=O)C(=O)N(c3ccc(CC(=O)OC(C)C)cc3)C2c2cccs2)ccc1Cl. The normalized spacial score (nSPS) is 16.9. The summed E-state index contributed by atoms with van der Waals surface area (Å²) < 4.78 is 10.7. The summed E-state index contributed by atoms with van der Waals surface area (Å²) in [7, 11) is 0. The minimum Gasteiger partial charge on any atom is -0.507 e. The Morgan fingerprint density at radius 2 is 1.86 bits per heavy atom. The summed E-state index contributed by atoms with van der Waals surface area (Å²) >= 11 is 7.57.